The average Bonchev–Trinajstić information content (AvgIpc) is 2.31. The SMILES string of the molecule is FCC(COCCl)OCc1ccccc1. The van der Waals surface area contributed by atoms with Crippen molar-refractivity contribution in [2.75, 3.05) is 19.3 Å². The molecule has 4 heteroatoms. The third-order valence-electron chi connectivity index (χ3n) is 1.88. The van der Waals surface area contributed by atoms with E-state index in [1.807, 2.05) is 30.3 Å². The Morgan fingerprint density at radius 1 is 1.27 bits per heavy atom. The van der Waals surface area contributed by atoms with Gasteiger partial charge in [-0.25, -0.2) is 4.39 Å². The highest BCUT2D eigenvalue weighted by Crippen LogP contribution is 2.04. The number of ether oxygens (including phenoxy) is 2. The molecule has 1 atom stereocenters. The van der Waals surface area contributed by atoms with Crippen LogP contribution < -0.4 is 0 Å². The lowest BCUT2D eigenvalue weighted by Gasteiger charge is -2.13. The first-order chi connectivity index (χ1) is 7.36. The van der Waals surface area contributed by atoms with E-state index in [1.54, 1.807) is 0 Å². The molecular formula is C11H14ClFO2. The monoisotopic (exact) mass is 232 g/mol. The smallest absolute Gasteiger partial charge is 0.120 e. The maximum Gasteiger partial charge on any atom is 0.120 e. The summed E-state index contributed by atoms with van der Waals surface area (Å²) in [4.78, 5) is 0. The number of benzene rings is 1. The largest absolute Gasteiger partial charge is 0.368 e. The maximum atomic E-state index is 12.4. The first kappa shape index (κ1) is 12.4. The zero-order valence-electron chi connectivity index (χ0n) is 8.36. The molecule has 0 N–H and O–H groups in total. The second kappa shape index (κ2) is 7.63. The summed E-state index contributed by atoms with van der Waals surface area (Å²) in [6.07, 6.45) is -0.538. The van der Waals surface area contributed by atoms with E-state index >= 15 is 0 Å². The van der Waals surface area contributed by atoms with Gasteiger partial charge in [0, 0.05) is 0 Å². The Morgan fingerprint density at radius 3 is 2.60 bits per heavy atom. The third kappa shape index (κ3) is 5.11. The summed E-state index contributed by atoms with van der Waals surface area (Å²) in [6.45, 7) is 0.0115. The molecule has 0 aliphatic heterocycles. The molecule has 0 saturated carbocycles. The molecule has 0 aromatic heterocycles. The molecule has 0 fully saturated rings. The van der Waals surface area contributed by atoms with Gasteiger partial charge in [0.1, 0.15) is 18.8 Å². The molecule has 0 aliphatic carbocycles. The fourth-order valence-electron chi connectivity index (χ4n) is 1.10. The minimum absolute atomic E-state index is 0.0607. The van der Waals surface area contributed by atoms with Gasteiger partial charge in [-0.15, -0.1) is 0 Å². The summed E-state index contributed by atoms with van der Waals surface area (Å²) in [5, 5.41) is 0. The summed E-state index contributed by atoms with van der Waals surface area (Å²) < 4.78 is 22.6. The number of alkyl halides is 2. The third-order valence-corrected chi connectivity index (χ3v) is 2.04. The molecule has 1 rings (SSSR count). The van der Waals surface area contributed by atoms with Crippen molar-refractivity contribution in [3.63, 3.8) is 0 Å². The van der Waals surface area contributed by atoms with Crippen LogP contribution >= 0.6 is 11.6 Å². The van der Waals surface area contributed by atoms with Gasteiger partial charge in [-0.1, -0.05) is 41.9 Å². The van der Waals surface area contributed by atoms with Crippen LogP contribution in [-0.2, 0) is 16.1 Å². The van der Waals surface area contributed by atoms with Crippen LogP contribution in [0.15, 0.2) is 30.3 Å². The summed E-state index contributed by atoms with van der Waals surface area (Å²) in [6, 6.07) is 9.67. The predicted molar refractivity (Wildman–Crippen MR) is 57.7 cm³/mol. The van der Waals surface area contributed by atoms with Crippen LogP contribution in [0.2, 0.25) is 0 Å². The normalized spacial score (nSPS) is 12.7. The zero-order valence-corrected chi connectivity index (χ0v) is 9.12. The Labute approximate surface area is 94.0 Å². The molecule has 0 heterocycles. The Morgan fingerprint density at radius 2 is 2.00 bits per heavy atom. The minimum Gasteiger partial charge on any atom is -0.368 e. The summed E-state index contributed by atoms with van der Waals surface area (Å²) in [5.74, 6) is 0. The van der Waals surface area contributed by atoms with Crippen molar-refractivity contribution in [1.82, 2.24) is 0 Å². The van der Waals surface area contributed by atoms with Crippen LogP contribution in [0.1, 0.15) is 5.56 Å². The lowest BCUT2D eigenvalue weighted by atomic mass is 10.2. The highest BCUT2D eigenvalue weighted by molar-refractivity contribution is 6.17. The first-order valence-electron chi connectivity index (χ1n) is 4.72. The van der Waals surface area contributed by atoms with Crippen molar-refractivity contribution in [3.05, 3.63) is 35.9 Å². The Hall–Kier alpha value is -0.640. The van der Waals surface area contributed by atoms with Gasteiger partial charge >= 0.3 is 0 Å². The van der Waals surface area contributed by atoms with Crippen LogP contribution in [-0.4, -0.2) is 25.5 Å². The van der Waals surface area contributed by atoms with E-state index in [2.05, 4.69) is 0 Å². The molecule has 84 valence electrons. The van der Waals surface area contributed by atoms with E-state index < -0.39 is 12.8 Å². The van der Waals surface area contributed by atoms with E-state index in [-0.39, 0.29) is 12.7 Å². The topological polar surface area (TPSA) is 18.5 Å². The molecule has 0 saturated heterocycles. The lowest BCUT2D eigenvalue weighted by Crippen LogP contribution is -2.21. The Bertz CT molecular complexity index is 256. The fourth-order valence-corrected chi connectivity index (χ4v) is 1.19. The standard InChI is InChI=1S/C11H14ClFO2/c12-9-14-8-11(6-13)15-7-10-4-2-1-3-5-10/h1-5,11H,6-9H2. The second-order valence-electron chi connectivity index (χ2n) is 3.05. The molecule has 0 radical (unpaired) electrons. The molecule has 0 aliphatic rings. The summed E-state index contributed by atoms with van der Waals surface area (Å²) in [7, 11) is 0. The molecule has 0 amide bonds. The van der Waals surface area contributed by atoms with E-state index in [0.29, 0.717) is 6.61 Å². The van der Waals surface area contributed by atoms with Crippen molar-refractivity contribution in [3.8, 4) is 0 Å². The van der Waals surface area contributed by atoms with Crippen molar-refractivity contribution in [1.29, 1.82) is 0 Å². The Balaban J connectivity index is 2.28. The summed E-state index contributed by atoms with van der Waals surface area (Å²) >= 11 is 5.32. The quantitative estimate of drug-likeness (QED) is 0.673. The Kier molecular flexibility index (Phi) is 6.32. The van der Waals surface area contributed by atoms with Gasteiger partial charge in [0.2, 0.25) is 0 Å². The van der Waals surface area contributed by atoms with Crippen LogP contribution in [0.4, 0.5) is 4.39 Å². The van der Waals surface area contributed by atoms with Gasteiger partial charge in [0.05, 0.1) is 13.2 Å². The summed E-state index contributed by atoms with van der Waals surface area (Å²) in [5.41, 5.74) is 1.02. The van der Waals surface area contributed by atoms with Crippen LogP contribution in [0.3, 0.4) is 0 Å². The number of hydrogen-bond acceptors (Lipinski definition) is 2. The number of hydrogen-bond donors (Lipinski definition) is 0. The maximum absolute atomic E-state index is 12.4. The molecule has 1 aromatic rings. The van der Waals surface area contributed by atoms with Crippen LogP contribution in [0, 0.1) is 0 Å². The van der Waals surface area contributed by atoms with E-state index in [0.717, 1.165) is 5.56 Å². The van der Waals surface area contributed by atoms with Gasteiger partial charge in [-0.3, -0.25) is 0 Å². The molecule has 0 bridgehead atoms. The first-order valence-corrected chi connectivity index (χ1v) is 5.25. The molecule has 0 spiro atoms. The number of rotatable bonds is 7. The van der Waals surface area contributed by atoms with E-state index in [9.17, 15) is 4.39 Å². The fraction of sp³-hybridized carbons (Fsp3) is 0.455. The van der Waals surface area contributed by atoms with Crippen LogP contribution in [0.25, 0.3) is 0 Å². The molecule has 1 unspecified atom stereocenters. The van der Waals surface area contributed by atoms with E-state index in [1.165, 1.54) is 0 Å². The van der Waals surface area contributed by atoms with Crippen molar-refractivity contribution in [2.24, 2.45) is 0 Å². The zero-order chi connectivity index (χ0) is 10.9. The average molecular weight is 233 g/mol. The molecular weight excluding hydrogens is 219 g/mol. The highest BCUT2D eigenvalue weighted by Gasteiger charge is 2.08. The van der Waals surface area contributed by atoms with Crippen molar-refractivity contribution >= 4 is 11.6 Å². The molecule has 2 nitrogen and oxygen atoms in total. The van der Waals surface area contributed by atoms with Gasteiger partial charge in [-0.05, 0) is 5.56 Å². The predicted octanol–water partition coefficient (Wildman–Crippen LogP) is 2.75. The highest BCUT2D eigenvalue weighted by atomic mass is 35.5. The van der Waals surface area contributed by atoms with E-state index in [4.69, 9.17) is 21.1 Å². The molecule has 1 aromatic carbocycles. The van der Waals surface area contributed by atoms with Gasteiger partial charge < -0.3 is 9.47 Å². The van der Waals surface area contributed by atoms with Crippen molar-refractivity contribution in [2.45, 2.75) is 12.7 Å². The van der Waals surface area contributed by atoms with Gasteiger partial charge in [-0.2, -0.15) is 0 Å². The van der Waals surface area contributed by atoms with Gasteiger partial charge in [0.15, 0.2) is 0 Å². The van der Waals surface area contributed by atoms with Gasteiger partial charge in [0.25, 0.3) is 0 Å². The minimum atomic E-state index is -0.566. The van der Waals surface area contributed by atoms with Crippen molar-refractivity contribution < 1.29 is 13.9 Å². The lowest BCUT2D eigenvalue weighted by molar-refractivity contribution is -0.0267. The second-order valence-corrected chi connectivity index (χ2v) is 3.27. The molecule has 15 heavy (non-hydrogen) atoms. The number of halogens is 2. The van der Waals surface area contributed by atoms with Crippen LogP contribution in [0.5, 0.6) is 0 Å².